The van der Waals surface area contributed by atoms with Crippen LogP contribution >= 0.6 is 0 Å². The molecule has 0 aliphatic heterocycles. The van der Waals surface area contributed by atoms with Crippen molar-refractivity contribution in [2.24, 2.45) is 0 Å². The SMILES string of the molecule is O=C(Nc1cccc(-c2ccnc3c(C(=O)c4ccco4)cnn23)c1)OC1CCCCC1. The first-order valence-electron chi connectivity index (χ1n) is 10.7. The summed E-state index contributed by atoms with van der Waals surface area (Å²) in [5, 5.41) is 7.19. The monoisotopic (exact) mass is 430 g/mol. The predicted molar refractivity (Wildman–Crippen MR) is 118 cm³/mol. The first-order valence-corrected chi connectivity index (χ1v) is 10.7. The maximum atomic E-state index is 12.7. The fourth-order valence-electron chi connectivity index (χ4n) is 4.05. The normalized spacial score (nSPS) is 14.4. The molecule has 0 unspecified atom stereocenters. The van der Waals surface area contributed by atoms with Crippen LogP contribution in [0.5, 0.6) is 0 Å². The number of hydrogen-bond acceptors (Lipinski definition) is 6. The van der Waals surface area contributed by atoms with Gasteiger partial charge < -0.3 is 9.15 Å². The Labute approximate surface area is 184 Å². The number of fused-ring (bicyclic) bond motifs is 1. The van der Waals surface area contributed by atoms with Gasteiger partial charge in [0.05, 0.1) is 23.7 Å². The molecule has 1 fully saturated rings. The molecular weight excluding hydrogens is 408 g/mol. The topological polar surface area (TPSA) is 98.7 Å². The quantitative estimate of drug-likeness (QED) is 0.442. The highest BCUT2D eigenvalue weighted by molar-refractivity contribution is 6.10. The van der Waals surface area contributed by atoms with Gasteiger partial charge in [-0.25, -0.2) is 14.3 Å². The number of nitrogens with zero attached hydrogens (tertiary/aromatic N) is 3. The van der Waals surface area contributed by atoms with E-state index in [9.17, 15) is 9.59 Å². The van der Waals surface area contributed by atoms with Crippen LogP contribution in [0.4, 0.5) is 10.5 Å². The number of rotatable bonds is 5. The number of carbonyl (C=O) groups is 2. The summed E-state index contributed by atoms with van der Waals surface area (Å²) < 4.78 is 12.4. The summed E-state index contributed by atoms with van der Waals surface area (Å²) in [6, 6.07) is 12.5. The molecule has 5 rings (SSSR count). The Kier molecular flexibility index (Phi) is 5.41. The fraction of sp³-hybridized carbons (Fsp3) is 0.250. The Morgan fingerprint density at radius 2 is 1.97 bits per heavy atom. The highest BCUT2D eigenvalue weighted by Crippen LogP contribution is 2.25. The lowest BCUT2D eigenvalue weighted by Gasteiger charge is -2.21. The minimum absolute atomic E-state index is 0.0130. The molecule has 1 saturated carbocycles. The fourth-order valence-corrected chi connectivity index (χ4v) is 4.05. The molecule has 8 nitrogen and oxygen atoms in total. The van der Waals surface area contributed by atoms with Crippen molar-refractivity contribution in [2.75, 3.05) is 5.32 Å². The van der Waals surface area contributed by atoms with E-state index in [4.69, 9.17) is 9.15 Å². The zero-order valence-corrected chi connectivity index (χ0v) is 17.4. The van der Waals surface area contributed by atoms with Crippen molar-refractivity contribution in [3.63, 3.8) is 0 Å². The van der Waals surface area contributed by atoms with Crippen LogP contribution in [0.25, 0.3) is 16.9 Å². The minimum Gasteiger partial charge on any atom is -0.461 e. The van der Waals surface area contributed by atoms with Crippen molar-refractivity contribution < 1.29 is 18.7 Å². The molecule has 1 aromatic carbocycles. The van der Waals surface area contributed by atoms with Gasteiger partial charge in [-0.15, -0.1) is 0 Å². The smallest absolute Gasteiger partial charge is 0.411 e. The Bertz CT molecular complexity index is 1260. The number of ether oxygens (including phenoxy) is 1. The highest BCUT2D eigenvalue weighted by atomic mass is 16.6. The number of aromatic nitrogens is 3. The molecule has 0 saturated heterocycles. The van der Waals surface area contributed by atoms with Gasteiger partial charge in [0.1, 0.15) is 6.10 Å². The van der Waals surface area contributed by atoms with Crippen molar-refractivity contribution in [3.8, 4) is 11.3 Å². The van der Waals surface area contributed by atoms with Gasteiger partial charge in [-0.3, -0.25) is 10.1 Å². The molecule has 1 aliphatic carbocycles. The van der Waals surface area contributed by atoms with Crippen molar-refractivity contribution in [2.45, 2.75) is 38.2 Å². The molecule has 3 aromatic heterocycles. The average molecular weight is 430 g/mol. The van der Waals surface area contributed by atoms with E-state index in [1.165, 1.54) is 18.9 Å². The summed E-state index contributed by atoms with van der Waals surface area (Å²) in [5.41, 5.74) is 2.95. The van der Waals surface area contributed by atoms with Gasteiger partial charge in [0, 0.05) is 17.4 Å². The first kappa shape index (κ1) is 20.0. The molecule has 162 valence electrons. The summed E-state index contributed by atoms with van der Waals surface area (Å²) in [7, 11) is 0. The van der Waals surface area contributed by atoms with Crippen LogP contribution in [0.1, 0.15) is 48.2 Å². The zero-order valence-electron chi connectivity index (χ0n) is 17.4. The van der Waals surface area contributed by atoms with Crippen LogP contribution in [0, 0.1) is 0 Å². The number of anilines is 1. The van der Waals surface area contributed by atoms with Crippen LogP contribution in [-0.4, -0.2) is 32.6 Å². The van der Waals surface area contributed by atoms with E-state index in [-0.39, 0.29) is 17.6 Å². The lowest BCUT2D eigenvalue weighted by molar-refractivity contribution is 0.0865. The third-order valence-corrected chi connectivity index (χ3v) is 5.62. The molecule has 1 amide bonds. The highest BCUT2D eigenvalue weighted by Gasteiger charge is 2.20. The maximum Gasteiger partial charge on any atom is 0.411 e. The van der Waals surface area contributed by atoms with Crippen molar-refractivity contribution in [1.82, 2.24) is 14.6 Å². The Balaban J connectivity index is 1.39. The van der Waals surface area contributed by atoms with E-state index < -0.39 is 6.09 Å². The number of carbonyl (C=O) groups excluding carboxylic acids is 2. The van der Waals surface area contributed by atoms with Crippen LogP contribution in [0.2, 0.25) is 0 Å². The largest absolute Gasteiger partial charge is 0.461 e. The van der Waals surface area contributed by atoms with Crippen molar-refractivity contribution in [1.29, 1.82) is 0 Å². The van der Waals surface area contributed by atoms with E-state index in [0.717, 1.165) is 36.9 Å². The number of nitrogens with one attached hydrogen (secondary N) is 1. The molecule has 8 heteroatoms. The number of ketones is 1. The van der Waals surface area contributed by atoms with Gasteiger partial charge in [-0.2, -0.15) is 5.10 Å². The van der Waals surface area contributed by atoms with Crippen LogP contribution in [-0.2, 0) is 4.74 Å². The van der Waals surface area contributed by atoms with Crippen LogP contribution in [0.15, 0.2) is 65.5 Å². The molecule has 4 aromatic rings. The van der Waals surface area contributed by atoms with Crippen LogP contribution < -0.4 is 5.32 Å². The summed E-state index contributed by atoms with van der Waals surface area (Å²) in [5.74, 6) is -0.0506. The number of hydrogen-bond donors (Lipinski definition) is 1. The predicted octanol–water partition coefficient (Wildman–Crippen LogP) is 5.10. The first-order chi connectivity index (χ1) is 15.7. The third kappa shape index (κ3) is 3.99. The van der Waals surface area contributed by atoms with Gasteiger partial charge in [0.2, 0.25) is 5.78 Å². The molecule has 3 heterocycles. The Morgan fingerprint density at radius 3 is 2.78 bits per heavy atom. The molecule has 1 aliphatic rings. The molecule has 1 N–H and O–H groups in total. The van der Waals surface area contributed by atoms with Crippen LogP contribution in [0.3, 0.4) is 0 Å². The summed E-state index contributed by atoms with van der Waals surface area (Å²) in [4.78, 5) is 29.4. The standard InChI is InChI=1S/C24H22N4O4/c29-22(21-10-5-13-31-21)19-15-26-28-20(11-12-25-23(19)28)16-6-4-7-17(14-16)27-24(30)32-18-8-2-1-3-9-18/h4-7,10-15,18H,1-3,8-9H2,(H,27,30). The van der Waals surface area contributed by atoms with Gasteiger partial charge in [0.15, 0.2) is 11.4 Å². The third-order valence-electron chi connectivity index (χ3n) is 5.62. The second-order valence-corrected chi connectivity index (χ2v) is 7.80. The van der Waals surface area contributed by atoms with Gasteiger partial charge in [0.25, 0.3) is 0 Å². The second-order valence-electron chi connectivity index (χ2n) is 7.80. The van der Waals surface area contributed by atoms with E-state index in [1.54, 1.807) is 35.0 Å². The summed E-state index contributed by atoms with van der Waals surface area (Å²) in [6.45, 7) is 0. The molecule has 0 radical (unpaired) electrons. The van der Waals surface area contributed by atoms with E-state index in [1.807, 2.05) is 18.2 Å². The lowest BCUT2D eigenvalue weighted by Crippen LogP contribution is -2.24. The van der Waals surface area contributed by atoms with Crippen molar-refractivity contribution >= 4 is 23.2 Å². The van der Waals surface area contributed by atoms with E-state index in [2.05, 4.69) is 15.4 Å². The molecule has 0 bridgehead atoms. The maximum absolute atomic E-state index is 12.7. The van der Waals surface area contributed by atoms with Gasteiger partial charge in [-0.1, -0.05) is 18.6 Å². The molecule has 0 spiro atoms. The van der Waals surface area contributed by atoms with Gasteiger partial charge in [-0.05, 0) is 56.0 Å². The van der Waals surface area contributed by atoms with Crippen molar-refractivity contribution in [3.05, 3.63) is 72.4 Å². The van der Waals surface area contributed by atoms with E-state index in [0.29, 0.717) is 16.9 Å². The summed E-state index contributed by atoms with van der Waals surface area (Å²) in [6.07, 6.45) is 9.34. The second kappa shape index (κ2) is 8.66. The number of amides is 1. The number of furan rings is 1. The molecular formula is C24H22N4O4. The van der Waals surface area contributed by atoms with E-state index >= 15 is 0 Å². The number of benzene rings is 1. The Morgan fingerprint density at radius 1 is 1.09 bits per heavy atom. The summed E-state index contributed by atoms with van der Waals surface area (Å²) >= 11 is 0. The zero-order chi connectivity index (χ0) is 21.9. The molecule has 0 atom stereocenters. The minimum atomic E-state index is -0.445. The van der Waals surface area contributed by atoms with Gasteiger partial charge >= 0.3 is 6.09 Å². The Hall–Kier alpha value is -3.94. The average Bonchev–Trinajstić information content (AvgIpc) is 3.50. The lowest BCUT2D eigenvalue weighted by atomic mass is 9.98. The molecule has 32 heavy (non-hydrogen) atoms.